The molecule has 0 bridgehead atoms. The summed E-state index contributed by atoms with van der Waals surface area (Å²) in [6, 6.07) is 5.20. The molecular formula is C14H18ClNO3. The van der Waals surface area contributed by atoms with Gasteiger partial charge in [-0.3, -0.25) is 4.79 Å². The topological polar surface area (TPSA) is 58.6 Å². The number of halogens is 1. The van der Waals surface area contributed by atoms with Crippen LogP contribution in [0.5, 0.6) is 0 Å². The lowest BCUT2D eigenvalue weighted by atomic mass is 9.90. The molecule has 1 saturated heterocycles. The fourth-order valence-electron chi connectivity index (χ4n) is 2.13. The molecule has 0 unspecified atom stereocenters. The minimum Gasteiger partial charge on any atom is -0.394 e. The number of ether oxygens (including phenoxy) is 1. The Morgan fingerprint density at radius 1 is 1.47 bits per heavy atom. The zero-order valence-corrected chi connectivity index (χ0v) is 11.7. The zero-order chi connectivity index (χ0) is 13.9. The van der Waals surface area contributed by atoms with E-state index in [1.54, 1.807) is 12.1 Å². The van der Waals surface area contributed by atoms with E-state index in [1.165, 1.54) is 0 Å². The van der Waals surface area contributed by atoms with Crippen molar-refractivity contribution in [2.45, 2.75) is 25.3 Å². The number of aliphatic hydroxyl groups excluding tert-OH is 1. The molecule has 1 aromatic carbocycles. The molecule has 19 heavy (non-hydrogen) atoms. The van der Waals surface area contributed by atoms with Gasteiger partial charge in [-0.25, -0.2) is 0 Å². The van der Waals surface area contributed by atoms with Crippen molar-refractivity contribution in [1.82, 2.24) is 5.32 Å². The van der Waals surface area contributed by atoms with Crippen molar-refractivity contribution in [3.05, 3.63) is 34.3 Å². The molecule has 0 aliphatic carbocycles. The van der Waals surface area contributed by atoms with Gasteiger partial charge in [0.1, 0.15) is 0 Å². The molecule has 104 valence electrons. The van der Waals surface area contributed by atoms with Gasteiger partial charge in [0.2, 0.25) is 0 Å². The number of benzene rings is 1. The molecule has 1 fully saturated rings. The Bertz CT molecular complexity index is 470. The number of aryl methyl sites for hydroxylation is 1. The van der Waals surface area contributed by atoms with Crippen LogP contribution < -0.4 is 5.32 Å². The van der Waals surface area contributed by atoms with Crippen molar-refractivity contribution in [3.63, 3.8) is 0 Å². The Hall–Kier alpha value is -1.10. The fourth-order valence-corrected chi connectivity index (χ4v) is 2.31. The molecule has 1 heterocycles. The Balaban J connectivity index is 2.12. The molecule has 0 spiro atoms. The molecule has 2 N–H and O–H groups in total. The molecule has 4 nitrogen and oxygen atoms in total. The number of hydrogen-bond donors (Lipinski definition) is 2. The van der Waals surface area contributed by atoms with Crippen LogP contribution in [0, 0.1) is 6.92 Å². The third kappa shape index (κ3) is 3.26. The number of hydrogen-bond acceptors (Lipinski definition) is 3. The molecule has 0 radical (unpaired) electrons. The Morgan fingerprint density at radius 3 is 2.74 bits per heavy atom. The molecule has 0 aromatic heterocycles. The SMILES string of the molecule is Cc1ccc(C(=O)NC2(CO)CCOCC2)cc1Cl. The fraction of sp³-hybridized carbons (Fsp3) is 0.500. The second kappa shape index (κ2) is 5.90. The Kier molecular flexibility index (Phi) is 4.45. The number of rotatable bonds is 3. The lowest BCUT2D eigenvalue weighted by molar-refractivity contribution is 0.0125. The summed E-state index contributed by atoms with van der Waals surface area (Å²) in [6.45, 7) is 2.91. The molecule has 1 aromatic rings. The summed E-state index contributed by atoms with van der Waals surface area (Å²) >= 11 is 6.02. The van der Waals surface area contributed by atoms with Gasteiger partial charge in [-0.2, -0.15) is 0 Å². The van der Waals surface area contributed by atoms with Gasteiger partial charge in [0.05, 0.1) is 12.1 Å². The Labute approximate surface area is 117 Å². The van der Waals surface area contributed by atoms with Crippen LogP contribution in [-0.2, 0) is 4.74 Å². The minimum atomic E-state index is -0.577. The van der Waals surface area contributed by atoms with Crippen molar-refractivity contribution in [2.75, 3.05) is 19.8 Å². The summed E-state index contributed by atoms with van der Waals surface area (Å²) in [7, 11) is 0. The first-order chi connectivity index (χ1) is 9.06. The lowest BCUT2D eigenvalue weighted by Crippen LogP contribution is -2.54. The van der Waals surface area contributed by atoms with Crippen LogP contribution in [0.2, 0.25) is 5.02 Å². The van der Waals surface area contributed by atoms with Crippen molar-refractivity contribution in [2.24, 2.45) is 0 Å². The average molecular weight is 284 g/mol. The second-order valence-corrected chi connectivity index (χ2v) is 5.38. The van der Waals surface area contributed by atoms with Gasteiger partial charge in [-0.05, 0) is 37.5 Å². The van der Waals surface area contributed by atoms with E-state index >= 15 is 0 Å². The van der Waals surface area contributed by atoms with Crippen LogP contribution >= 0.6 is 11.6 Å². The van der Waals surface area contributed by atoms with E-state index in [1.807, 2.05) is 13.0 Å². The number of aliphatic hydroxyl groups is 1. The predicted molar refractivity (Wildman–Crippen MR) is 73.5 cm³/mol. The number of amides is 1. The summed E-state index contributed by atoms with van der Waals surface area (Å²) in [5, 5.41) is 13.0. The third-order valence-electron chi connectivity index (χ3n) is 3.57. The highest BCUT2D eigenvalue weighted by Gasteiger charge is 2.33. The van der Waals surface area contributed by atoms with Crippen LogP contribution in [0.15, 0.2) is 18.2 Å². The van der Waals surface area contributed by atoms with Gasteiger partial charge in [-0.1, -0.05) is 17.7 Å². The van der Waals surface area contributed by atoms with Gasteiger partial charge in [0.15, 0.2) is 0 Å². The molecule has 0 saturated carbocycles. The molecular weight excluding hydrogens is 266 g/mol. The van der Waals surface area contributed by atoms with Crippen LogP contribution in [-0.4, -0.2) is 36.4 Å². The van der Waals surface area contributed by atoms with E-state index in [0.717, 1.165) is 5.56 Å². The summed E-state index contributed by atoms with van der Waals surface area (Å²) in [5.74, 6) is -0.210. The minimum absolute atomic E-state index is 0.0817. The third-order valence-corrected chi connectivity index (χ3v) is 3.97. The first-order valence-corrected chi connectivity index (χ1v) is 6.71. The first-order valence-electron chi connectivity index (χ1n) is 6.34. The van der Waals surface area contributed by atoms with Crippen molar-refractivity contribution < 1.29 is 14.6 Å². The number of carbonyl (C=O) groups is 1. The van der Waals surface area contributed by atoms with E-state index < -0.39 is 5.54 Å². The van der Waals surface area contributed by atoms with E-state index in [0.29, 0.717) is 36.6 Å². The van der Waals surface area contributed by atoms with Gasteiger partial charge in [0.25, 0.3) is 5.91 Å². The van der Waals surface area contributed by atoms with E-state index in [9.17, 15) is 9.90 Å². The summed E-state index contributed by atoms with van der Waals surface area (Å²) in [5.41, 5.74) is 0.864. The van der Waals surface area contributed by atoms with Crippen LogP contribution in [0.3, 0.4) is 0 Å². The van der Waals surface area contributed by atoms with E-state index in [2.05, 4.69) is 5.32 Å². The molecule has 5 heteroatoms. The highest BCUT2D eigenvalue weighted by molar-refractivity contribution is 6.31. The zero-order valence-electron chi connectivity index (χ0n) is 10.9. The summed E-state index contributed by atoms with van der Waals surface area (Å²) < 4.78 is 5.27. The van der Waals surface area contributed by atoms with Gasteiger partial charge in [-0.15, -0.1) is 0 Å². The van der Waals surface area contributed by atoms with Gasteiger partial charge >= 0.3 is 0 Å². The second-order valence-electron chi connectivity index (χ2n) is 4.97. The smallest absolute Gasteiger partial charge is 0.251 e. The quantitative estimate of drug-likeness (QED) is 0.891. The van der Waals surface area contributed by atoms with Crippen LogP contribution in [0.25, 0.3) is 0 Å². The van der Waals surface area contributed by atoms with Gasteiger partial charge in [0, 0.05) is 23.8 Å². The summed E-state index contributed by atoms with van der Waals surface area (Å²) in [4.78, 5) is 12.2. The van der Waals surface area contributed by atoms with Crippen molar-refractivity contribution in [3.8, 4) is 0 Å². The normalized spacial score (nSPS) is 18.1. The highest BCUT2D eigenvalue weighted by Crippen LogP contribution is 2.22. The highest BCUT2D eigenvalue weighted by atomic mass is 35.5. The molecule has 2 rings (SSSR count). The van der Waals surface area contributed by atoms with Crippen LogP contribution in [0.1, 0.15) is 28.8 Å². The maximum absolute atomic E-state index is 12.2. The largest absolute Gasteiger partial charge is 0.394 e. The lowest BCUT2D eigenvalue weighted by Gasteiger charge is -2.36. The number of nitrogens with one attached hydrogen (secondary N) is 1. The maximum Gasteiger partial charge on any atom is 0.251 e. The average Bonchev–Trinajstić information content (AvgIpc) is 2.43. The number of carbonyl (C=O) groups excluding carboxylic acids is 1. The van der Waals surface area contributed by atoms with Gasteiger partial charge < -0.3 is 15.2 Å². The predicted octanol–water partition coefficient (Wildman–Crippen LogP) is 1.92. The van der Waals surface area contributed by atoms with E-state index in [4.69, 9.17) is 16.3 Å². The van der Waals surface area contributed by atoms with Crippen LogP contribution in [0.4, 0.5) is 0 Å². The molecule has 0 atom stereocenters. The summed E-state index contributed by atoms with van der Waals surface area (Å²) in [6.07, 6.45) is 1.24. The Morgan fingerprint density at radius 2 is 2.16 bits per heavy atom. The van der Waals surface area contributed by atoms with Crippen molar-refractivity contribution in [1.29, 1.82) is 0 Å². The molecule has 1 amide bonds. The monoisotopic (exact) mass is 283 g/mol. The standard InChI is InChI=1S/C14H18ClNO3/c1-10-2-3-11(8-12(10)15)13(18)16-14(9-17)4-6-19-7-5-14/h2-3,8,17H,4-7,9H2,1H3,(H,16,18). The van der Waals surface area contributed by atoms with E-state index in [-0.39, 0.29) is 12.5 Å². The maximum atomic E-state index is 12.2. The molecule has 1 aliphatic heterocycles. The van der Waals surface area contributed by atoms with Crippen molar-refractivity contribution >= 4 is 17.5 Å². The molecule has 1 aliphatic rings. The first kappa shape index (κ1) is 14.3.